The zero-order chi connectivity index (χ0) is 33.3. The predicted octanol–water partition coefficient (Wildman–Crippen LogP) is -0.554. The highest BCUT2D eigenvalue weighted by molar-refractivity contribution is 7.80. The summed E-state index contributed by atoms with van der Waals surface area (Å²) in [5.41, 5.74) is 11.7. The van der Waals surface area contributed by atoms with Crippen LogP contribution in [0.5, 0.6) is 0 Å². The largest absolute Gasteiger partial charge is 0.480 e. The first-order chi connectivity index (χ1) is 21.4. The van der Waals surface area contributed by atoms with Crippen molar-refractivity contribution >= 4 is 48.1 Å². The van der Waals surface area contributed by atoms with Gasteiger partial charge < -0.3 is 41.9 Å². The van der Waals surface area contributed by atoms with Crippen molar-refractivity contribution in [3.05, 3.63) is 0 Å². The summed E-state index contributed by atoms with van der Waals surface area (Å²) in [4.78, 5) is 82.9. The quantitative estimate of drug-likeness (QED) is 0.0988. The van der Waals surface area contributed by atoms with Gasteiger partial charge in [0.25, 0.3) is 0 Å². The highest BCUT2D eigenvalue weighted by Gasteiger charge is 2.44. The van der Waals surface area contributed by atoms with Crippen LogP contribution in [-0.2, 0) is 28.8 Å². The number of amides is 5. The van der Waals surface area contributed by atoms with Crippen LogP contribution in [0.15, 0.2) is 0 Å². The molecule has 3 rings (SSSR count). The number of rotatable bonds is 15. The van der Waals surface area contributed by atoms with Gasteiger partial charge in [0.15, 0.2) is 0 Å². The summed E-state index contributed by atoms with van der Waals surface area (Å²) in [6.07, 6.45) is 5.24. The Kier molecular flexibility index (Phi) is 13.9. The first-order valence-corrected chi connectivity index (χ1v) is 16.9. The molecule has 3 saturated heterocycles. The van der Waals surface area contributed by atoms with E-state index in [-0.39, 0.29) is 17.6 Å². The first-order valence-electron chi connectivity index (χ1n) is 16.2. The van der Waals surface area contributed by atoms with Gasteiger partial charge in [0.1, 0.15) is 30.2 Å². The summed E-state index contributed by atoms with van der Waals surface area (Å²) in [5, 5.41) is 15.1. The number of unbranched alkanes of at least 4 members (excludes halogenated alkanes) is 1. The number of likely N-dealkylation sites (tertiary alicyclic amines) is 3. The summed E-state index contributed by atoms with van der Waals surface area (Å²) in [6.45, 7) is 5.34. The second-order valence-corrected chi connectivity index (χ2v) is 13.1. The Bertz CT molecular complexity index is 1090. The van der Waals surface area contributed by atoms with Gasteiger partial charge in [0, 0.05) is 25.4 Å². The number of nitrogens with two attached hydrogens (primary N) is 2. The molecule has 3 heterocycles. The third-order valence-electron chi connectivity index (χ3n) is 8.90. The van der Waals surface area contributed by atoms with Gasteiger partial charge in [0.2, 0.25) is 29.5 Å². The van der Waals surface area contributed by atoms with E-state index in [9.17, 15) is 33.9 Å². The molecule has 3 aliphatic rings. The Morgan fingerprint density at radius 1 is 0.822 bits per heavy atom. The molecule has 6 atom stereocenters. The van der Waals surface area contributed by atoms with Gasteiger partial charge in [-0.05, 0) is 70.3 Å². The number of aliphatic carboxylic acids is 1. The van der Waals surface area contributed by atoms with Gasteiger partial charge in [-0.3, -0.25) is 24.0 Å². The molecule has 0 saturated carbocycles. The third-order valence-corrected chi connectivity index (χ3v) is 9.27. The Hall–Kier alpha value is -2.91. The van der Waals surface area contributed by atoms with Crippen molar-refractivity contribution < 1.29 is 33.9 Å². The van der Waals surface area contributed by atoms with E-state index in [1.165, 1.54) is 14.7 Å². The van der Waals surface area contributed by atoms with E-state index in [0.29, 0.717) is 84.0 Å². The molecule has 254 valence electrons. The summed E-state index contributed by atoms with van der Waals surface area (Å²) in [7, 11) is 0. The molecule has 0 spiro atoms. The zero-order valence-corrected chi connectivity index (χ0v) is 27.4. The number of carboxylic acids is 1. The van der Waals surface area contributed by atoms with E-state index >= 15 is 0 Å². The lowest BCUT2D eigenvalue weighted by atomic mass is 10.0. The molecule has 0 bridgehead atoms. The maximum atomic E-state index is 13.6. The fraction of sp³-hybridized carbons (Fsp3) is 0.800. The second-order valence-electron chi connectivity index (χ2n) is 12.7. The molecule has 0 aromatic rings. The molecule has 0 radical (unpaired) electrons. The Morgan fingerprint density at radius 3 is 1.98 bits per heavy atom. The van der Waals surface area contributed by atoms with Crippen molar-refractivity contribution in [1.82, 2.24) is 25.3 Å². The van der Waals surface area contributed by atoms with Crippen molar-refractivity contribution in [3.63, 3.8) is 0 Å². The van der Waals surface area contributed by atoms with Gasteiger partial charge >= 0.3 is 5.97 Å². The normalized spacial score (nSPS) is 23.6. The lowest BCUT2D eigenvalue weighted by Gasteiger charge is -2.32. The number of hydrogen-bond donors (Lipinski definition) is 6. The number of hydrogen-bond acceptors (Lipinski definition) is 9. The SMILES string of the molecule is CC(C)C[C@H](NC(=O)[C@@H]1CCCN1C(=O)[C@@H](N)CCCCN)C(=O)N[C@@H](CS)C(=O)N1CCC[C@H]1C(=O)N1CCC[C@H]1C(=O)O. The van der Waals surface area contributed by atoms with Crippen LogP contribution in [0.1, 0.15) is 78.1 Å². The van der Waals surface area contributed by atoms with Crippen LogP contribution in [0.25, 0.3) is 0 Å². The highest BCUT2D eigenvalue weighted by Crippen LogP contribution is 2.26. The van der Waals surface area contributed by atoms with Crippen LogP contribution >= 0.6 is 12.6 Å². The molecular formula is C30H51N7O7S. The molecule has 14 nitrogen and oxygen atoms in total. The molecule has 0 aromatic carbocycles. The number of carboxylic acid groups (broad SMARTS) is 1. The maximum Gasteiger partial charge on any atom is 0.326 e. The summed E-state index contributed by atoms with van der Waals surface area (Å²) in [6, 6.07) is -5.24. The molecule has 0 aromatic heterocycles. The van der Waals surface area contributed by atoms with Crippen molar-refractivity contribution in [2.75, 3.05) is 31.9 Å². The van der Waals surface area contributed by atoms with E-state index in [4.69, 9.17) is 11.5 Å². The average molecular weight is 654 g/mol. The highest BCUT2D eigenvalue weighted by atomic mass is 32.1. The number of carbonyl (C=O) groups is 6. The van der Waals surface area contributed by atoms with Crippen LogP contribution in [0.2, 0.25) is 0 Å². The van der Waals surface area contributed by atoms with Gasteiger partial charge in [-0.2, -0.15) is 12.6 Å². The van der Waals surface area contributed by atoms with Gasteiger partial charge in [0.05, 0.1) is 6.04 Å². The molecule has 45 heavy (non-hydrogen) atoms. The Labute approximate surface area is 270 Å². The number of carbonyl (C=O) groups excluding carboxylic acids is 5. The fourth-order valence-corrected chi connectivity index (χ4v) is 6.79. The number of nitrogens with one attached hydrogen (secondary N) is 2. The zero-order valence-electron chi connectivity index (χ0n) is 26.5. The molecule has 7 N–H and O–H groups in total. The summed E-state index contributed by atoms with van der Waals surface area (Å²) < 4.78 is 0. The lowest BCUT2D eigenvalue weighted by molar-refractivity contribution is -0.152. The predicted molar refractivity (Wildman–Crippen MR) is 170 cm³/mol. The van der Waals surface area contributed by atoms with Crippen LogP contribution in [0.3, 0.4) is 0 Å². The summed E-state index contributed by atoms with van der Waals surface area (Å²) in [5.74, 6) is -3.27. The monoisotopic (exact) mass is 653 g/mol. The molecule has 0 aliphatic carbocycles. The standard InChI is InChI=1S/C30H51N7O7S/c1-18(2)16-20(33-26(39)22-9-5-13-35(22)27(40)19(32)8-3-4-12-31)25(38)34-21(17-45)28(41)36-14-6-10-23(36)29(42)37-15-7-11-24(37)30(43)44/h18-24,45H,3-17,31-32H2,1-2H3,(H,33,39)(H,34,38)(H,43,44)/t19-,20-,21-,22-,23-,24-/m0/s1. The van der Waals surface area contributed by atoms with E-state index in [0.717, 1.165) is 6.42 Å². The van der Waals surface area contributed by atoms with Gasteiger partial charge in [-0.1, -0.05) is 20.3 Å². The van der Waals surface area contributed by atoms with E-state index < -0.39 is 65.8 Å². The molecule has 0 unspecified atom stereocenters. The minimum atomic E-state index is -1.06. The third kappa shape index (κ3) is 9.32. The van der Waals surface area contributed by atoms with E-state index in [2.05, 4.69) is 23.3 Å². The van der Waals surface area contributed by atoms with Crippen molar-refractivity contribution in [2.45, 2.75) is 114 Å². The van der Waals surface area contributed by atoms with Crippen LogP contribution in [0, 0.1) is 5.92 Å². The summed E-state index contributed by atoms with van der Waals surface area (Å²) >= 11 is 4.31. The van der Waals surface area contributed by atoms with Crippen LogP contribution in [-0.4, -0.2) is 123 Å². The smallest absolute Gasteiger partial charge is 0.326 e. The lowest BCUT2D eigenvalue weighted by Crippen LogP contribution is -2.59. The minimum Gasteiger partial charge on any atom is -0.480 e. The van der Waals surface area contributed by atoms with Crippen LogP contribution < -0.4 is 22.1 Å². The van der Waals surface area contributed by atoms with Gasteiger partial charge in [-0.25, -0.2) is 4.79 Å². The molecule has 5 amide bonds. The minimum absolute atomic E-state index is 0.0201. The molecular weight excluding hydrogens is 602 g/mol. The van der Waals surface area contributed by atoms with Gasteiger partial charge in [-0.15, -0.1) is 0 Å². The van der Waals surface area contributed by atoms with Crippen molar-refractivity contribution in [1.29, 1.82) is 0 Å². The average Bonchev–Trinajstić information content (AvgIpc) is 3.79. The van der Waals surface area contributed by atoms with Crippen molar-refractivity contribution in [2.24, 2.45) is 17.4 Å². The molecule has 3 aliphatic heterocycles. The number of thiol groups is 1. The van der Waals surface area contributed by atoms with Crippen molar-refractivity contribution in [3.8, 4) is 0 Å². The Balaban J connectivity index is 1.67. The maximum absolute atomic E-state index is 13.6. The first kappa shape index (κ1) is 36.6. The fourth-order valence-electron chi connectivity index (χ4n) is 6.54. The van der Waals surface area contributed by atoms with E-state index in [1.807, 2.05) is 13.8 Å². The van der Waals surface area contributed by atoms with E-state index in [1.54, 1.807) is 0 Å². The second kappa shape index (κ2) is 17.1. The Morgan fingerprint density at radius 2 is 1.40 bits per heavy atom. The number of nitrogens with zero attached hydrogens (tertiary/aromatic N) is 3. The molecule has 15 heteroatoms. The molecule has 3 fully saturated rings. The topological polar surface area (TPSA) is 208 Å². The van der Waals surface area contributed by atoms with Crippen LogP contribution in [0.4, 0.5) is 0 Å².